The summed E-state index contributed by atoms with van der Waals surface area (Å²) >= 11 is 0. The van der Waals surface area contributed by atoms with Crippen LogP contribution in [0.3, 0.4) is 0 Å². The Morgan fingerprint density at radius 2 is 2.54 bits per heavy atom. The van der Waals surface area contributed by atoms with Gasteiger partial charge in [0.05, 0.1) is 6.33 Å². The molecule has 1 N–H and O–H groups in total. The summed E-state index contributed by atoms with van der Waals surface area (Å²) in [5.74, 6) is 0. The van der Waals surface area contributed by atoms with Crippen LogP contribution in [-0.4, -0.2) is 22.1 Å². The summed E-state index contributed by atoms with van der Waals surface area (Å²) in [6, 6.07) is 0.481. The van der Waals surface area contributed by atoms with Gasteiger partial charge >= 0.3 is 0 Å². The van der Waals surface area contributed by atoms with E-state index in [1.54, 1.807) is 6.20 Å². The molecule has 3 nitrogen and oxygen atoms in total. The van der Waals surface area contributed by atoms with Crippen molar-refractivity contribution >= 4 is 0 Å². The standard InChI is InChI=1S/C10H17N3/c1-3-4-5-12-10(2)8-13-7-6-11-9-13/h3,6-7,9-10,12H,1,4-5,8H2,2H3. The molecule has 0 saturated heterocycles. The van der Waals surface area contributed by atoms with E-state index in [-0.39, 0.29) is 0 Å². The number of rotatable bonds is 6. The lowest BCUT2D eigenvalue weighted by Gasteiger charge is -2.13. The van der Waals surface area contributed by atoms with E-state index in [1.165, 1.54) is 0 Å². The summed E-state index contributed by atoms with van der Waals surface area (Å²) in [7, 11) is 0. The molecule has 0 aliphatic rings. The molecule has 13 heavy (non-hydrogen) atoms. The van der Waals surface area contributed by atoms with Gasteiger partial charge in [0.1, 0.15) is 0 Å². The van der Waals surface area contributed by atoms with E-state index in [4.69, 9.17) is 0 Å². The molecule has 1 rings (SSSR count). The van der Waals surface area contributed by atoms with Crippen molar-refractivity contribution in [1.29, 1.82) is 0 Å². The molecule has 0 radical (unpaired) electrons. The second-order valence-corrected chi connectivity index (χ2v) is 3.19. The van der Waals surface area contributed by atoms with Crippen molar-refractivity contribution in [2.24, 2.45) is 0 Å². The molecule has 1 aromatic heterocycles. The molecule has 0 bridgehead atoms. The first-order valence-electron chi connectivity index (χ1n) is 4.63. The second kappa shape index (κ2) is 5.54. The van der Waals surface area contributed by atoms with Crippen LogP contribution in [0.25, 0.3) is 0 Å². The van der Waals surface area contributed by atoms with Crippen LogP contribution in [0.1, 0.15) is 13.3 Å². The Bertz CT molecular complexity index is 228. The molecule has 72 valence electrons. The van der Waals surface area contributed by atoms with Crippen LogP contribution in [0.2, 0.25) is 0 Å². The Morgan fingerprint density at radius 1 is 1.69 bits per heavy atom. The molecule has 0 aliphatic heterocycles. The first-order valence-corrected chi connectivity index (χ1v) is 4.63. The molecule has 1 unspecified atom stereocenters. The highest BCUT2D eigenvalue weighted by Crippen LogP contribution is 1.91. The van der Waals surface area contributed by atoms with Gasteiger partial charge in [-0.1, -0.05) is 6.08 Å². The van der Waals surface area contributed by atoms with Crippen molar-refractivity contribution in [3.05, 3.63) is 31.4 Å². The van der Waals surface area contributed by atoms with Gasteiger partial charge in [0.2, 0.25) is 0 Å². The molecule has 1 heterocycles. The van der Waals surface area contributed by atoms with Crippen molar-refractivity contribution in [1.82, 2.24) is 14.9 Å². The first kappa shape index (κ1) is 9.99. The second-order valence-electron chi connectivity index (χ2n) is 3.19. The lowest BCUT2D eigenvalue weighted by atomic mass is 10.3. The molecule has 1 aromatic rings. The van der Waals surface area contributed by atoms with Gasteiger partial charge < -0.3 is 9.88 Å². The zero-order valence-corrected chi connectivity index (χ0v) is 8.11. The van der Waals surface area contributed by atoms with Gasteiger partial charge in [0.15, 0.2) is 0 Å². The van der Waals surface area contributed by atoms with Crippen molar-refractivity contribution < 1.29 is 0 Å². The zero-order valence-electron chi connectivity index (χ0n) is 8.11. The van der Waals surface area contributed by atoms with Crippen molar-refractivity contribution in [3.8, 4) is 0 Å². The smallest absolute Gasteiger partial charge is 0.0946 e. The fourth-order valence-electron chi connectivity index (χ4n) is 1.21. The minimum absolute atomic E-state index is 0.481. The summed E-state index contributed by atoms with van der Waals surface area (Å²) < 4.78 is 2.07. The molecule has 0 amide bonds. The van der Waals surface area contributed by atoms with Gasteiger partial charge in [0, 0.05) is 25.0 Å². The Balaban J connectivity index is 2.17. The molecule has 0 spiro atoms. The highest BCUT2D eigenvalue weighted by atomic mass is 15.1. The topological polar surface area (TPSA) is 29.9 Å². The maximum absolute atomic E-state index is 3.99. The van der Waals surface area contributed by atoms with E-state index in [2.05, 4.69) is 28.4 Å². The minimum atomic E-state index is 0.481. The Labute approximate surface area is 79.5 Å². The third-order valence-corrected chi connectivity index (χ3v) is 1.89. The van der Waals surface area contributed by atoms with E-state index in [0.717, 1.165) is 19.5 Å². The Morgan fingerprint density at radius 3 is 3.15 bits per heavy atom. The number of hydrogen-bond donors (Lipinski definition) is 1. The number of imidazole rings is 1. The van der Waals surface area contributed by atoms with Crippen LogP contribution in [0.4, 0.5) is 0 Å². The van der Waals surface area contributed by atoms with E-state index in [9.17, 15) is 0 Å². The van der Waals surface area contributed by atoms with Gasteiger partial charge in [-0.25, -0.2) is 4.98 Å². The SMILES string of the molecule is C=CCCNC(C)Cn1ccnc1. The quantitative estimate of drug-likeness (QED) is 0.529. The van der Waals surface area contributed by atoms with Gasteiger partial charge in [-0.15, -0.1) is 6.58 Å². The number of nitrogens with zero attached hydrogens (tertiary/aromatic N) is 2. The van der Waals surface area contributed by atoms with Crippen LogP contribution in [0, 0.1) is 0 Å². The van der Waals surface area contributed by atoms with Crippen molar-refractivity contribution in [3.63, 3.8) is 0 Å². The molecule has 0 saturated carbocycles. The maximum Gasteiger partial charge on any atom is 0.0946 e. The predicted octanol–water partition coefficient (Wildman–Crippen LogP) is 1.44. The van der Waals surface area contributed by atoms with E-state index in [1.807, 2.05) is 18.6 Å². The minimum Gasteiger partial charge on any atom is -0.336 e. The van der Waals surface area contributed by atoms with Gasteiger partial charge in [-0.2, -0.15) is 0 Å². The van der Waals surface area contributed by atoms with E-state index in [0.29, 0.717) is 6.04 Å². The predicted molar refractivity (Wildman–Crippen MR) is 54.5 cm³/mol. The van der Waals surface area contributed by atoms with Crippen molar-refractivity contribution in [2.75, 3.05) is 6.54 Å². The summed E-state index contributed by atoms with van der Waals surface area (Å²) in [5.41, 5.74) is 0. The fourth-order valence-corrected chi connectivity index (χ4v) is 1.21. The molecule has 0 aliphatic carbocycles. The lowest BCUT2D eigenvalue weighted by Crippen LogP contribution is -2.30. The molecule has 1 atom stereocenters. The van der Waals surface area contributed by atoms with E-state index < -0.39 is 0 Å². The zero-order chi connectivity index (χ0) is 9.52. The molecule has 3 heteroatoms. The largest absolute Gasteiger partial charge is 0.336 e. The van der Waals surface area contributed by atoms with Gasteiger partial charge in [-0.05, 0) is 19.9 Å². The van der Waals surface area contributed by atoms with Crippen LogP contribution < -0.4 is 5.32 Å². The molecular weight excluding hydrogens is 162 g/mol. The average Bonchev–Trinajstić information content (AvgIpc) is 2.57. The molecular formula is C10H17N3. The maximum atomic E-state index is 3.99. The van der Waals surface area contributed by atoms with Gasteiger partial charge in [0.25, 0.3) is 0 Å². The Hall–Kier alpha value is -1.09. The normalized spacial score (nSPS) is 12.7. The fraction of sp³-hybridized carbons (Fsp3) is 0.500. The number of hydrogen-bond acceptors (Lipinski definition) is 2. The summed E-state index contributed by atoms with van der Waals surface area (Å²) in [6.07, 6.45) is 8.57. The number of aromatic nitrogens is 2. The lowest BCUT2D eigenvalue weighted by molar-refractivity contribution is 0.481. The Kier molecular flexibility index (Phi) is 4.26. The van der Waals surface area contributed by atoms with Crippen molar-refractivity contribution in [2.45, 2.75) is 25.9 Å². The summed E-state index contributed by atoms with van der Waals surface area (Å²) in [6.45, 7) is 7.82. The molecule has 0 aromatic carbocycles. The summed E-state index contributed by atoms with van der Waals surface area (Å²) in [5, 5.41) is 3.40. The number of nitrogens with one attached hydrogen (secondary N) is 1. The van der Waals surface area contributed by atoms with Crippen LogP contribution in [0.15, 0.2) is 31.4 Å². The average molecular weight is 179 g/mol. The van der Waals surface area contributed by atoms with Gasteiger partial charge in [-0.3, -0.25) is 0 Å². The van der Waals surface area contributed by atoms with E-state index >= 15 is 0 Å². The first-order chi connectivity index (χ1) is 6.33. The third-order valence-electron chi connectivity index (χ3n) is 1.89. The summed E-state index contributed by atoms with van der Waals surface area (Å²) in [4.78, 5) is 3.99. The third kappa shape index (κ3) is 3.90. The molecule has 0 fully saturated rings. The highest BCUT2D eigenvalue weighted by molar-refractivity contribution is 4.77. The van der Waals surface area contributed by atoms with Crippen LogP contribution in [0.5, 0.6) is 0 Å². The van der Waals surface area contributed by atoms with Crippen LogP contribution in [-0.2, 0) is 6.54 Å². The monoisotopic (exact) mass is 179 g/mol. The highest BCUT2D eigenvalue weighted by Gasteiger charge is 1.99. The van der Waals surface area contributed by atoms with Crippen LogP contribution >= 0.6 is 0 Å².